The Morgan fingerprint density at radius 2 is 2.35 bits per heavy atom. The summed E-state index contributed by atoms with van der Waals surface area (Å²) in [5.41, 5.74) is 0. The largest absolute Gasteiger partial charge is 0.481 e. The summed E-state index contributed by atoms with van der Waals surface area (Å²) in [6.45, 7) is 6.17. The molecule has 2 N–H and O–H groups in total. The fraction of sp³-hybridized carbons (Fsp3) is 0.667. The lowest BCUT2D eigenvalue weighted by atomic mass is 10.1. The second-order valence-electron chi connectivity index (χ2n) is 4.46. The number of carboxylic acid groups (broad SMARTS) is 1. The van der Waals surface area contributed by atoms with Crippen LogP contribution in [0.3, 0.4) is 0 Å². The average molecular weight is 240 g/mol. The molecule has 0 aliphatic carbocycles. The van der Waals surface area contributed by atoms with Crippen molar-refractivity contribution in [1.82, 2.24) is 10.2 Å². The van der Waals surface area contributed by atoms with Crippen LogP contribution < -0.4 is 5.32 Å². The first kappa shape index (κ1) is 13.5. The van der Waals surface area contributed by atoms with Gasteiger partial charge in [-0.3, -0.25) is 4.79 Å². The molecule has 96 valence electrons. The van der Waals surface area contributed by atoms with Crippen LogP contribution in [0.15, 0.2) is 12.7 Å². The van der Waals surface area contributed by atoms with Crippen molar-refractivity contribution in [2.24, 2.45) is 0 Å². The van der Waals surface area contributed by atoms with Crippen molar-refractivity contribution in [3.8, 4) is 0 Å². The van der Waals surface area contributed by atoms with E-state index in [-0.39, 0.29) is 24.5 Å². The molecule has 0 aromatic carbocycles. The molecule has 1 aliphatic heterocycles. The zero-order valence-corrected chi connectivity index (χ0v) is 10.2. The first-order chi connectivity index (χ1) is 8.04. The minimum Gasteiger partial charge on any atom is -0.481 e. The molecule has 0 saturated carbocycles. The first-order valence-electron chi connectivity index (χ1n) is 5.94. The minimum atomic E-state index is -0.853. The van der Waals surface area contributed by atoms with Crippen molar-refractivity contribution >= 4 is 12.0 Å². The van der Waals surface area contributed by atoms with Crippen LogP contribution in [-0.2, 0) is 4.79 Å². The van der Waals surface area contributed by atoms with Crippen LogP contribution in [0.2, 0.25) is 0 Å². The zero-order chi connectivity index (χ0) is 12.8. The molecule has 1 rings (SSSR count). The maximum absolute atomic E-state index is 11.9. The van der Waals surface area contributed by atoms with E-state index in [1.54, 1.807) is 11.0 Å². The SMILES string of the molecule is C=CCC(C)NC(=O)N1CCCC1CC(=O)O. The van der Waals surface area contributed by atoms with Crippen LogP contribution in [0, 0.1) is 0 Å². The molecule has 5 heteroatoms. The molecule has 2 unspecified atom stereocenters. The number of carbonyl (C=O) groups excluding carboxylic acids is 1. The van der Waals surface area contributed by atoms with E-state index < -0.39 is 5.97 Å². The molecule has 2 atom stereocenters. The number of amides is 2. The molecule has 0 spiro atoms. The van der Waals surface area contributed by atoms with Crippen LogP contribution in [0.5, 0.6) is 0 Å². The van der Waals surface area contributed by atoms with Crippen LogP contribution >= 0.6 is 0 Å². The molecule has 17 heavy (non-hydrogen) atoms. The van der Waals surface area contributed by atoms with Gasteiger partial charge in [-0.2, -0.15) is 0 Å². The van der Waals surface area contributed by atoms with E-state index in [4.69, 9.17) is 5.11 Å². The Morgan fingerprint density at radius 3 is 2.94 bits per heavy atom. The summed E-state index contributed by atoms with van der Waals surface area (Å²) < 4.78 is 0. The third-order valence-electron chi connectivity index (χ3n) is 2.94. The van der Waals surface area contributed by atoms with E-state index in [0.717, 1.165) is 12.8 Å². The molecule has 1 saturated heterocycles. The summed E-state index contributed by atoms with van der Waals surface area (Å²) in [6.07, 6.45) is 4.15. The number of aliphatic carboxylic acids is 1. The highest BCUT2D eigenvalue weighted by atomic mass is 16.4. The van der Waals surface area contributed by atoms with Gasteiger partial charge in [-0.05, 0) is 26.2 Å². The van der Waals surface area contributed by atoms with Gasteiger partial charge in [0.05, 0.1) is 6.42 Å². The number of nitrogens with one attached hydrogen (secondary N) is 1. The van der Waals surface area contributed by atoms with Crippen molar-refractivity contribution in [3.63, 3.8) is 0 Å². The summed E-state index contributed by atoms with van der Waals surface area (Å²) in [7, 11) is 0. The number of urea groups is 1. The van der Waals surface area contributed by atoms with Gasteiger partial charge in [-0.25, -0.2) is 4.79 Å². The van der Waals surface area contributed by atoms with Gasteiger partial charge in [0.2, 0.25) is 0 Å². The highest BCUT2D eigenvalue weighted by Gasteiger charge is 2.30. The molecule has 0 radical (unpaired) electrons. The second kappa shape index (κ2) is 6.27. The topological polar surface area (TPSA) is 69.6 Å². The van der Waals surface area contributed by atoms with Crippen molar-refractivity contribution < 1.29 is 14.7 Å². The van der Waals surface area contributed by atoms with Crippen LogP contribution in [0.1, 0.15) is 32.6 Å². The highest BCUT2D eigenvalue weighted by Crippen LogP contribution is 2.20. The number of carbonyl (C=O) groups is 2. The third-order valence-corrected chi connectivity index (χ3v) is 2.94. The summed E-state index contributed by atoms with van der Waals surface area (Å²) in [5, 5.41) is 11.6. The molecule has 5 nitrogen and oxygen atoms in total. The number of likely N-dealkylation sites (tertiary alicyclic amines) is 1. The quantitative estimate of drug-likeness (QED) is 0.717. The van der Waals surface area contributed by atoms with Crippen LogP contribution in [-0.4, -0.2) is 40.6 Å². The van der Waals surface area contributed by atoms with E-state index in [0.29, 0.717) is 13.0 Å². The Morgan fingerprint density at radius 1 is 1.65 bits per heavy atom. The van der Waals surface area contributed by atoms with Crippen molar-refractivity contribution in [2.45, 2.75) is 44.7 Å². The number of hydrogen-bond donors (Lipinski definition) is 2. The van der Waals surface area contributed by atoms with Gasteiger partial charge in [0.15, 0.2) is 0 Å². The fourth-order valence-corrected chi connectivity index (χ4v) is 2.12. The summed E-state index contributed by atoms with van der Waals surface area (Å²) in [5.74, 6) is -0.853. The molecule has 0 aromatic heterocycles. The number of hydrogen-bond acceptors (Lipinski definition) is 2. The van der Waals surface area contributed by atoms with Gasteiger partial charge < -0.3 is 15.3 Å². The molecule has 1 heterocycles. The maximum atomic E-state index is 11.9. The normalized spacial score (nSPS) is 21.0. The Labute approximate surface area is 101 Å². The van der Waals surface area contributed by atoms with E-state index in [2.05, 4.69) is 11.9 Å². The molecule has 1 aliphatic rings. The Hall–Kier alpha value is -1.52. The van der Waals surface area contributed by atoms with Gasteiger partial charge in [0.1, 0.15) is 0 Å². The Kier molecular flexibility index (Phi) is 5.00. The smallest absolute Gasteiger partial charge is 0.317 e. The van der Waals surface area contributed by atoms with Crippen molar-refractivity contribution in [3.05, 3.63) is 12.7 Å². The Balaban J connectivity index is 2.49. The van der Waals surface area contributed by atoms with Gasteiger partial charge in [0.25, 0.3) is 0 Å². The van der Waals surface area contributed by atoms with E-state index in [1.807, 2.05) is 6.92 Å². The van der Waals surface area contributed by atoms with Crippen molar-refractivity contribution in [2.75, 3.05) is 6.54 Å². The summed E-state index contributed by atoms with van der Waals surface area (Å²) in [6, 6.07) is -0.294. The number of rotatable bonds is 5. The summed E-state index contributed by atoms with van der Waals surface area (Å²) in [4.78, 5) is 24.2. The molecular formula is C12H20N2O3. The molecule has 0 aromatic rings. The van der Waals surface area contributed by atoms with Gasteiger partial charge >= 0.3 is 12.0 Å². The number of carboxylic acids is 1. The standard InChI is InChI=1S/C12H20N2O3/c1-3-5-9(2)13-12(17)14-7-4-6-10(14)8-11(15)16/h3,9-10H,1,4-8H2,2H3,(H,13,17)(H,15,16). The zero-order valence-electron chi connectivity index (χ0n) is 10.2. The second-order valence-corrected chi connectivity index (χ2v) is 4.46. The molecule has 1 fully saturated rings. The maximum Gasteiger partial charge on any atom is 0.317 e. The molecular weight excluding hydrogens is 220 g/mol. The van der Waals surface area contributed by atoms with Gasteiger partial charge in [0, 0.05) is 18.6 Å². The minimum absolute atomic E-state index is 0.0310. The van der Waals surface area contributed by atoms with Crippen LogP contribution in [0.25, 0.3) is 0 Å². The third kappa shape index (κ3) is 4.09. The fourth-order valence-electron chi connectivity index (χ4n) is 2.12. The van der Waals surface area contributed by atoms with E-state index in [9.17, 15) is 9.59 Å². The number of nitrogens with zero attached hydrogens (tertiary/aromatic N) is 1. The lowest BCUT2D eigenvalue weighted by molar-refractivity contribution is -0.137. The lowest BCUT2D eigenvalue weighted by Crippen LogP contribution is -2.46. The van der Waals surface area contributed by atoms with Crippen molar-refractivity contribution in [1.29, 1.82) is 0 Å². The van der Waals surface area contributed by atoms with Crippen LogP contribution in [0.4, 0.5) is 4.79 Å². The van der Waals surface area contributed by atoms with E-state index in [1.165, 1.54) is 0 Å². The van der Waals surface area contributed by atoms with Gasteiger partial charge in [-0.1, -0.05) is 6.08 Å². The lowest BCUT2D eigenvalue weighted by Gasteiger charge is -2.25. The predicted octanol–water partition coefficient (Wildman–Crippen LogP) is 1.60. The highest BCUT2D eigenvalue weighted by molar-refractivity contribution is 5.76. The summed E-state index contributed by atoms with van der Waals surface area (Å²) >= 11 is 0. The predicted molar refractivity (Wildman–Crippen MR) is 64.8 cm³/mol. The Bertz CT molecular complexity index is 304. The van der Waals surface area contributed by atoms with E-state index >= 15 is 0 Å². The van der Waals surface area contributed by atoms with Gasteiger partial charge in [-0.15, -0.1) is 6.58 Å². The average Bonchev–Trinajstić information content (AvgIpc) is 2.65. The molecule has 2 amide bonds. The molecule has 0 bridgehead atoms. The first-order valence-corrected chi connectivity index (χ1v) is 5.94. The monoisotopic (exact) mass is 240 g/mol.